The predicted molar refractivity (Wildman–Crippen MR) is 81.0 cm³/mol. The van der Waals surface area contributed by atoms with Gasteiger partial charge in [0.2, 0.25) is 0 Å². The van der Waals surface area contributed by atoms with Crippen LogP contribution >= 0.6 is 0 Å². The zero-order valence-corrected chi connectivity index (χ0v) is 12.8. The second kappa shape index (κ2) is 5.96. The molecule has 106 valence electrons. The lowest BCUT2D eigenvalue weighted by Gasteiger charge is -2.24. The molecule has 1 aromatic carbocycles. The topological polar surface area (TPSA) is 21.3 Å². The van der Waals surface area contributed by atoms with E-state index >= 15 is 0 Å². The predicted octanol–water partition coefficient (Wildman–Crippen LogP) is 3.67. The number of ether oxygens (including phenoxy) is 1. The molecule has 2 rings (SSSR count). The number of piperidine rings is 1. The van der Waals surface area contributed by atoms with Gasteiger partial charge in [-0.3, -0.25) is 0 Å². The van der Waals surface area contributed by atoms with Gasteiger partial charge >= 0.3 is 0 Å². The summed E-state index contributed by atoms with van der Waals surface area (Å²) in [5.41, 5.74) is 2.82. The summed E-state index contributed by atoms with van der Waals surface area (Å²) in [7, 11) is 0. The Bertz CT molecular complexity index is 414. The van der Waals surface area contributed by atoms with Gasteiger partial charge in [0.05, 0.1) is 6.61 Å². The maximum absolute atomic E-state index is 6.00. The van der Waals surface area contributed by atoms with Gasteiger partial charge in [-0.15, -0.1) is 0 Å². The van der Waals surface area contributed by atoms with Crippen LogP contribution in [0.3, 0.4) is 0 Å². The molecule has 1 N–H and O–H groups in total. The first-order valence-corrected chi connectivity index (χ1v) is 7.41. The molecule has 1 fully saturated rings. The van der Waals surface area contributed by atoms with Crippen molar-refractivity contribution in [1.82, 2.24) is 5.32 Å². The van der Waals surface area contributed by atoms with Crippen molar-refractivity contribution in [1.29, 1.82) is 0 Å². The first-order valence-electron chi connectivity index (χ1n) is 7.41. The van der Waals surface area contributed by atoms with E-state index < -0.39 is 0 Å². The lowest BCUT2D eigenvalue weighted by molar-refractivity contribution is 0.217. The van der Waals surface area contributed by atoms with Crippen molar-refractivity contribution in [3.05, 3.63) is 29.3 Å². The van der Waals surface area contributed by atoms with E-state index in [9.17, 15) is 0 Å². The SMILES string of the molecule is Cc1cc(C(C)(C)C)ccc1OCC1CCCNC1. The van der Waals surface area contributed by atoms with Gasteiger partial charge in [0, 0.05) is 12.5 Å². The molecule has 0 aromatic heterocycles. The lowest BCUT2D eigenvalue weighted by atomic mass is 9.86. The first-order chi connectivity index (χ1) is 8.97. The Morgan fingerprint density at radius 1 is 1.32 bits per heavy atom. The van der Waals surface area contributed by atoms with Crippen molar-refractivity contribution in [2.24, 2.45) is 5.92 Å². The standard InChI is InChI=1S/C17H27NO/c1-13-10-15(17(2,3)4)7-8-16(13)19-12-14-6-5-9-18-11-14/h7-8,10,14,18H,5-6,9,11-12H2,1-4H3. The fraction of sp³-hybridized carbons (Fsp3) is 0.647. The summed E-state index contributed by atoms with van der Waals surface area (Å²) in [4.78, 5) is 0. The Morgan fingerprint density at radius 2 is 2.11 bits per heavy atom. The molecule has 0 saturated carbocycles. The zero-order valence-electron chi connectivity index (χ0n) is 12.8. The molecule has 0 spiro atoms. The van der Waals surface area contributed by atoms with E-state index in [0.717, 1.165) is 25.4 Å². The van der Waals surface area contributed by atoms with Crippen molar-refractivity contribution < 1.29 is 4.74 Å². The van der Waals surface area contributed by atoms with E-state index in [2.05, 4.69) is 51.2 Å². The Balaban J connectivity index is 1.97. The number of nitrogens with one attached hydrogen (secondary N) is 1. The van der Waals surface area contributed by atoms with Gasteiger partial charge in [0.1, 0.15) is 5.75 Å². The quantitative estimate of drug-likeness (QED) is 0.896. The lowest BCUT2D eigenvalue weighted by Crippen LogP contribution is -2.33. The monoisotopic (exact) mass is 261 g/mol. The molecule has 1 atom stereocenters. The molecule has 0 radical (unpaired) electrons. The molecule has 2 nitrogen and oxygen atoms in total. The van der Waals surface area contributed by atoms with E-state index in [0.29, 0.717) is 5.92 Å². The van der Waals surface area contributed by atoms with E-state index in [1.165, 1.54) is 24.0 Å². The van der Waals surface area contributed by atoms with E-state index in [-0.39, 0.29) is 5.41 Å². The van der Waals surface area contributed by atoms with Crippen LogP contribution < -0.4 is 10.1 Å². The highest BCUT2D eigenvalue weighted by molar-refractivity contribution is 5.38. The molecule has 1 heterocycles. The molecule has 1 aromatic rings. The summed E-state index contributed by atoms with van der Waals surface area (Å²) in [6.45, 7) is 12.0. The largest absolute Gasteiger partial charge is 0.493 e. The molecule has 0 aliphatic carbocycles. The Morgan fingerprint density at radius 3 is 2.68 bits per heavy atom. The molecule has 0 bridgehead atoms. The van der Waals surface area contributed by atoms with E-state index in [1.54, 1.807) is 0 Å². The smallest absolute Gasteiger partial charge is 0.122 e. The maximum atomic E-state index is 6.00. The summed E-state index contributed by atoms with van der Waals surface area (Å²) >= 11 is 0. The average Bonchev–Trinajstić information content (AvgIpc) is 2.37. The Kier molecular flexibility index (Phi) is 4.51. The summed E-state index contributed by atoms with van der Waals surface area (Å²) < 4.78 is 6.00. The Hall–Kier alpha value is -1.02. The van der Waals surface area contributed by atoms with Gasteiger partial charge in [-0.05, 0) is 48.9 Å². The molecule has 2 heteroatoms. The third-order valence-corrected chi connectivity index (χ3v) is 3.91. The number of benzene rings is 1. The van der Waals surface area contributed by atoms with Crippen LogP contribution in [0.1, 0.15) is 44.7 Å². The van der Waals surface area contributed by atoms with Crippen LogP contribution in [-0.2, 0) is 5.41 Å². The maximum Gasteiger partial charge on any atom is 0.122 e. The highest BCUT2D eigenvalue weighted by Crippen LogP contribution is 2.28. The number of rotatable bonds is 3. The molecular weight excluding hydrogens is 234 g/mol. The van der Waals surface area contributed by atoms with Crippen LogP contribution in [0.25, 0.3) is 0 Å². The summed E-state index contributed by atoms with van der Waals surface area (Å²) in [5.74, 6) is 1.70. The normalized spacial score (nSPS) is 20.3. The average molecular weight is 261 g/mol. The van der Waals surface area contributed by atoms with E-state index in [4.69, 9.17) is 4.74 Å². The summed E-state index contributed by atoms with van der Waals surface area (Å²) in [5, 5.41) is 3.43. The van der Waals surface area contributed by atoms with Crippen LogP contribution in [0.5, 0.6) is 5.75 Å². The van der Waals surface area contributed by atoms with Crippen molar-refractivity contribution >= 4 is 0 Å². The highest BCUT2D eigenvalue weighted by atomic mass is 16.5. The van der Waals surface area contributed by atoms with Crippen LogP contribution in [-0.4, -0.2) is 19.7 Å². The minimum absolute atomic E-state index is 0.205. The third kappa shape index (κ3) is 3.97. The van der Waals surface area contributed by atoms with Crippen molar-refractivity contribution in [2.75, 3.05) is 19.7 Å². The number of hydrogen-bond donors (Lipinski definition) is 1. The van der Waals surface area contributed by atoms with Gasteiger partial charge in [-0.1, -0.05) is 32.9 Å². The molecule has 1 saturated heterocycles. The van der Waals surface area contributed by atoms with Gasteiger partial charge in [-0.2, -0.15) is 0 Å². The van der Waals surface area contributed by atoms with Crippen LogP contribution in [0.2, 0.25) is 0 Å². The van der Waals surface area contributed by atoms with Crippen LogP contribution in [0.4, 0.5) is 0 Å². The fourth-order valence-corrected chi connectivity index (χ4v) is 2.55. The van der Waals surface area contributed by atoms with Crippen molar-refractivity contribution in [3.63, 3.8) is 0 Å². The molecule has 1 aliphatic rings. The number of hydrogen-bond acceptors (Lipinski definition) is 2. The van der Waals surface area contributed by atoms with Crippen LogP contribution in [0.15, 0.2) is 18.2 Å². The highest BCUT2D eigenvalue weighted by Gasteiger charge is 2.16. The molecule has 1 aliphatic heterocycles. The first kappa shape index (κ1) is 14.4. The third-order valence-electron chi connectivity index (χ3n) is 3.91. The molecule has 1 unspecified atom stereocenters. The Labute approximate surface area is 117 Å². The van der Waals surface area contributed by atoms with Gasteiger partial charge < -0.3 is 10.1 Å². The molecule has 19 heavy (non-hydrogen) atoms. The minimum atomic E-state index is 0.205. The second-order valence-electron chi connectivity index (χ2n) is 6.75. The van der Waals surface area contributed by atoms with Gasteiger partial charge in [0.25, 0.3) is 0 Å². The van der Waals surface area contributed by atoms with Crippen molar-refractivity contribution in [3.8, 4) is 5.75 Å². The fourth-order valence-electron chi connectivity index (χ4n) is 2.55. The van der Waals surface area contributed by atoms with Crippen LogP contribution in [0, 0.1) is 12.8 Å². The van der Waals surface area contributed by atoms with Crippen molar-refractivity contribution in [2.45, 2.75) is 46.0 Å². The van der Waals surface area contributed by atoms with E-state index in [1.807, 2.05) is 0 Å². The van der Waals surface area contributed by atoms with Gasteiger partial charge in [0.15, 0.2) is 0 Å². The number of aryl methyl sites for hydroxylation is 1. The summed E-state index contributed by atoms with van der Waals surface area (Å²) in [6.07, 6.45) is 2.56. The minimum Gasteiger partial charge on any atom is -0.493 e. The molecule has 0 amide bonds. The second-order valence-corrected chi connectivity index (χ2v) is 6.75. The summed E-state index contributed by atoms with van der Waals surface area (Å²) in [6, 6.07) is 6.59. The zero-order chi connectivity index (χ0) is 13.9. The van der Waals surface area contributed by atoms with Gasteiger partial charge in [-0.25, -0.2) is 0 Å². The molecular formula is C17H27NO.